The number of rotatable bonds is 5. The van der Waals surface area contributed by atoms with E-state index in [1.54, 1.807) is 13.0 Å². The molecule has 122 valence electrons. The molecule has 23 heavy (non-hydrogen) atoms. The van der Waals surface area contributed by atoms with E-state index in [9.17, 15) is 9.59 Å². The minimum atomic E-state index is -0.183. The molecule has 6 heteroatoms. The van der Waals surface area contributed by atoms with Gasteiger partial charge >= 0.3 is 0 Å². The third-order valence-corrected chi connectivity index (χ3v) is 3.71. The summed E-state index contributed by atoms with van der Waals surface area (Å²) in [5, 5.41) is 6.70. The first-order valence-electron chi connectivity index (χ1n) is 7.46. The number of benzene rings is 1. The fourth-order valence-corrected chi connectivity index (χ4v) is 2.23. The van der Waals surface area contributed by atoms with Crippen LogP contribution in [-0.4, -0.2) is 23.5 Å². The lowest BCUT2D eigenvalue weighted by Crippen LogP contribution is -2.32. The van der Waals surface area contributed by atoms with Crippen molar-refractivity contribution in [1.82, 2.24) is 5.16 Å². The van der Waals surface area contributed by atoms with E-state index < -0.39 is 0 Å². The standard InChI is InChI=1S/C17H21N3O3/c1-11-6-5-7-15(13(11)3)18-17(22)8-9-20(14(4)21)16-10-12(2)23-19-16/h5-7,10H,8-9H2,1-4H3,(H,18,22). The van der Waals surface area contributed by atoms with Crippen LogP contribution in [0.25, 0.3) is 0 Å². The van der Waals surface area contributed by atoms with Crippen LogP contribution in [0.4, 0.5) is 11.5 Å². The molecule has 0 atom stereocenters. The summed E-state index contributed by atoms with van der Waals surface area (Å²) in [4.78, 5) is 25.3. The average Bonchev–Trinajstić information content (AvgIpc) is 2.90. The van der Waals surface area contributed by atoms with Crippen LogP contribution in [0.15, 0.2) is 28.8 Å². The summed E-state index contributed by atoms with van der Waals surface area (Å²) in [7, 11) is 0. The van der Waals surface area contributed by atoms with Gasteiger partial charge in [-0.3, -0.25) is 14.5 Å². The van der Waals surface area contributed by atoms with Crippen molar-refractivity contribution in [3.05, 3.63) is 41.2 Å². The van der Waals surface area contributed by atoms with Gasteiger partial charge in [-0.15, -0.1) is 0 Å². The van der Waals surface area contributed by atoms with E-state index in [0.717, 1.165) is 16.8 Å². The van der Waals surface area contributed by atoms with E-state index in [1.165, 1.54) is 11.8 Å². The maximum Gasteiger partial charge on any atom is 0.226 e. The van der Waals surface area contributed by atoms with Crippen LogP contribution < -0.4 is 10.2 Å². The van der Waals surface area contributed by atoms with E-state index in [-0.39, 0.29) is 24.8 Å². The van der Waals surface area contributed by atoms with Gasteiger partial charge in [0.1, 0.15) is 5.76 Å². The van der Waals surface area contributed by atoms with Gasteiger partial charge in [0.15, 0.2) is 5.82 Å². The molecule has 2 aromatic rings. The second-order valence-corrected chi connectivity index (χ2v) is 5.51. The molecule has 1 aromatic heterocycles. The number of carbonyl (C=O) groups is 2. The molecule has 0 saturated heterocycles. The molecular weight excluding hydrogens is 294 g/mol. The largest absolute Gasteiger partial charge is 0.360 e. The summed E-state index contributed by atoms with van der Waals surface area (Å²) in [6, 6.07) is 7.43. The highest BCUT2D eigenvalue weighted by atomic mass is 16.5. The molecule has 0 bridgehead atoms. The topological polar surface area (TPSA) is 75.4 Å². The van der Waals surface area contributed by atoms with Crippen molar-refractivity contribution < 1.29 is 14.1 Å². The van der Waals surface area contributed by atoms with E-state index in [1.807, 2.05) is 32.0 Å². The van der Waals surface area contributed by atoms with E-state index in [0.29, 0.717) is 11.6 Å². The van der Waals surface area contributed by atoms with Crippen LogP contribution in [0.5, 0.6) is 0 Å². The molecule has 1 heterocycles. The van der Waals surface area contributed by atoms with Crippen molar-refractivity contribution in [1.29, 1.82) is 0 Å². The van der Waals surface area contributed by atoms with Gasteiger partial charge in [-0.05, 0) is 38.0 Å². The Balaban J connectivity index is 1.99. The van der Waals surface area contributed by atoms with Gasteiger partial charge in [0.2, 0.25) is 11.8 Å². The fourth-order valence-electron chi connectivity index (χ4n) is 2.23. The van der Waals surface area contributed by atoms with Crippen molar-refractivity contribution in [3.8, 4) is 0 Å². The van der Waals surface area contributed by atoms with Gasteiger partial charge in [-0.25, -0.2) is 0 Å². The lowest BCUT2D eigenvalue weighted by molar-refractivity contribution is -0.117. The van der Waals surface area contributed by atoms with Crippen LogP contribution in [0, 0.1) is 20.8 Å². The average molecular weight is 315 g/mol. The predicted molar refractivity (Wildman–Crippen MR) is 88.4 cm³/mol. The Hall–Kier alpha value is -2.63. The molecule has 1 aromatic carbocycles. The van der Waals surface area contributed by atoms with E-state index in [2.05, 4.69) is 10.5 Å². The third kappa shape index (κ3) is 4.18. The van der Waals surface area contributed by atoms with Gasteiger partial charge < -0.3 is 9.84 Å². The molecule has 0 spiro atoms. The molecule has 0 aliphatic rings. The molecule has 2 amide bonds. The van der Waals surface area contributed by atoms with Crippen LogP contribution in [0.1, 0.15) is 30.2 Å². The summed E-state index contributed by atoms with van der Waals surface area (Å²) in [5.74, 6) is 0.712. The van der Waals surface area contributed by atoms with Crippen LogP contribution in [-0.2, 0) is 9.59 Å². The molecule has 0 radical (unpaired) electrons. The van der Waals surface area contributed by atoms with Crippen LogP contribution in [0.3, 0.4) is 0 Å². The molecule has 0 fully saturated rings. The van der Waals surface area contributed by atoms with Gasteiger partial charge in [0.05, 0.1) is 0 Å². The van der Waals surface area contributed by atoms with E-state index >= 15 is 0 Å². The minimum Gasteiger partial charge on any atom is -0.360 e. The lowest BCUT2D eigenvalue weighted by atomic mass is 10.1. The Kier molecular flexibility index (Phi) is 5.16. The molecule has 0 aliphatic heterocycles. The summed E-state index contributed by atoms with van der Waals surface area (Å²) in [6.45, 7) is 7.40. The smallest absolute Gasteiger partial charge is 0.226 e. The number of aryl methyl sites for hydroxylation is 2. The third-order valence-electron chi connectivity index (χ3n) is 3.71. The number of amides is 2. The molecular formula is C17H21N3O3. The number of anilines is 2. The fraction of sp³-hybridized carbons (Fsp3) is 0.353. The zero-order chi connectivity index (χ0) is 17.0. The van der Waals surface area contributed by atoms with Crippen molar-refractivity contribution in [3.63, 3.8) is 0 Å². The van der Waals surface area contributed by atoms with Gasteiger partial charge in [-0.1, -0.05) is 17.3 Å². The van der Waals surface area contributed by atoms with Crippen molar-refractivity contribution in [2.75, 3.05) is 16.8 Å². The summed E-state index contributed by atoms with van der Waals surface area (Å²) < 4.78 is 4.98. The minimum absolute atomic E-state index is 0.148. The normalized spacial score (nSPS) is 10.4. The first-order chi connectivity index (χ1) is 10.9. The molecule has 0 unspecified atom stereocenters. The molecule has 1 N–H and O–H groups in total. The van der Waals surface area contributed by atoms with Crippen molar-refractivity contribution >= 4 is 23.3 Å². The predicted octanol–water partition coefficient (Wildman–Crippen LogP) is 2.98. The van der Waals surface area contributed by atoms with Gasteiger partial charge in [0.25, 0.3) is 0 Å². The number of hydrogen-bond donors (Lipinski definition) is 1. The zero-order valence-electron chi connectivity index (χ0n) is 13.8. The first kappa shape index (κ1) is 16.7. The summed E-state index contributed by atoms with van der Waals surface area (Å²) in [6.07, 6.45) is 0.179. The van der Waals surface area contributed by atoms with Crippen LogP contribution in [0.2, 0.25) is 0 Å². The maximum absolute atomic E-state index is 12.1. The number of hydrogen-bond acceptors (Lipinski definition) is 4. The maximum atomic E-state index is 12.1. The van der Waals surface area contributed by atoms with Gasteiger partial charge in [0, 0.05) is 31.6 Å². The second-order valence-electron chi connectivity index (χ2n) is 5.51. The quantitative estimate of drug-likeness (QED) is 0.920. The zero-order valence-corrected chi connectivity index (χ0v) is 13.8. The summed E-state index contributed by atoms with van der Waals surface area (Å²) >= 11 is 0. The second kappa shape index (κ2) is 7.09. The number of carbonyl (C=O) groups excluding carboxylic acids is 2. The SMILES string of the molecule is CC(=O)N(CCC(=O)Nc1cccc(C)c1C)c1cc(C)on1. The number of aromatic nitrogens is 1. The van der Waals surface area contributed by atoms with Crippen molar-refractivity contribution in [2.45, 2.75) is 34.1 Å². The van der Waals surface area contributed by atoms with E-state index in [4.69, 9.17) is 4.52 Å². The Labute approximate surface area is 135 Å². The molecule has 6 nitrogen and oxygen atoms in total. The lowest BCUT2D eigenvalue weighted by Gasteiger charge is -2.17. The Morgan fingerprint density at radius 2 is 2.00 bits per heavy atom. The highest BCUT2D eigenvalue weighted by molar-refractivity contribution is 5.94. The Morgan fingerprint density at radius 1 is 1.26 bits per heavy atom. The molecule has 2 rings (SSSR count). The monoisotopic (exact) mass is 315 g/mol. The van der Waals surface area contributed by atoms with Crippen molar-refractivity contribution in [2.24, 2.45) is 0 Å². The highest BCUT2D eigenvalue weighted by Gasteiger charge is 2.17. The highest BCUT2D eigenvalue weighted by Crippen LogP contribution is 2.19. The first-order valence-corrected chi connectivity index (χ1v) is 7.46. The Morgan fingerprint density at radius 3 is 2.61 bits per heavy atom. The number of nitrogens with zero attached hydrogens (tertiary/aromatic N) is 2. The van der Waals surface area contributed by atoms with Gasteiger partial charge in [-0.2, -0.15) is 0 Å². The summed E-state index contributed by atoms with van der Waals surface area (Å²) in [5.41, 5.74) is 2.95. The molecule has 0 aliphatic carbocycles. The van der Waals surface area contributed by atoms with Crippen LogP contribution >= 0.6 is 0 Å². The number of nitrogens with one attached hydrogen (secondary N) is 1. The molecule has 0 saturated carbocycles. The Bertz CT molecular complexity index is 722.